The van der Waals surface area contributed by atoms with E-state index in [0.717, 1.165) is 31.1 Å². The molecule has 0 saturated heterocycles. The quantitative estimate of drug-likeness (QED) is 0.484. The molecule has 2 aromatic carbocycles. The Morgan fingerprint density at radius 2 is 1.39 bits per heavy atom. The zero-order valence-corrected chi connectivity index (χ0v) is 17.5. The lowest BCUT2D eigenvalue weighted by Crippen LogP contribution is -2.35. The Balaban J connectivity index is 1.88. The van der Waals surface area contributed by atoms with E-state index in [1.54, 1.807) is 18.2 Å². The third kappa shape index (κ3) is 7.31. The molecule has 5 heteroatoms. The fourth-order valence-electron chi connectivity index (χ4n) is 3.03. The smallest absolute Gasteiger partial charge is 0.129 e. The molecular formula is C23H35N3O2. The van der Waals surface area contributed by atoms with Gasteiger partial charge in [-0.2, -0.15) is 0 Å². The van der Waals surface area contributed by atoms with Crippen molar-refractivity contribution in [2.75, 3.05) is 31.1 Å². The van der Waals surface area contributed by atoms with Crippen molar-refractivity contribution in [1.82, 2.24) is 4.90 Å². The van der Waals surface area contributed by atoms with Crippen LogP contribution in [0.2, 0.25) is 0 Å². The second-order valence-corrected chi connectivity index (χ2v) is 7.30. The summed E-state index contributed by atoms with van der Waals surface area (Å²) in [6.45, 7) is 9.83. The predicted molar refractivity (Wildman–Crippen MR) is 118 cm³/mol. The molecule has 0 radical (unpaired) electrons. The van der Waals surface area contributed by atoms with Gasteiger partial charge in [-0.25, -0.2) is 0 Å². The predicted octanol–water partition coefficient (Wildman–Crippen LogP) is 5.31. The molecular weight excluding hydrogens is 350 g/mol. The SMILES string of the molecule is CCCCN(CCCC)CC(C)Oc1ccc(Oc2ccc(N)c(N)c2)cc1. The Bertz CT molecular complexity index is 695. The fourth-order valence-corrected chi connectivity index (χ4v) is 3.03. The highest BCUT2D eigenvalue weighted by atomic mass is 16.5. The number of benzene rings is 2. The summed E-state index contributed by atoms with van der Waals surface area (Å²) in [6, 6.07) is 13.0. The van der Waals surface area contributed by atoms with E-state index in [4.69, 9.17) is 20.9 Å². The summed E-state index contributed by atoms with van der Waals surface area (Å²) in [5.41, 5.74) is 12.6. The topological polar surface area (TPSA) is 73.7 Å². The van der Waals surface area contributed by atoms with Crippen LogP contribution in [0, 0.1) is 0 Å². The van der Waals surface area contributed by atoms with Crippen molar-refractivity contribution in [1.29, 1.82) is 0 Å². The first kappa shape index (κ1) is 21.9. The van der Waals surface area contributed by atoms with Crippen LogP contribution < -0.4 is 20.9 Å². The van der Waals surface area contributed by atoms with Crippen molar-refractivity contribution in [3.05, 3.63) is 42.5 Å². The molecule has 0 amide bonds. The van der Waals surface area contributed by atoms with Crippen molar-refractivity contribution >= 4 is 11.4 Å². The van der Waals surface area contributed by atoms with Crippen molar-refractivity contribution in [3.8, 4) is 17.2 Å². The maximum atomic E-state index is 6.11. The summed E-state index contributed by atoms with van der Waals surface area (Å²) < 4.78 is 11.9. The highest BCUT2D eigenvalue weighted by Crippen LogP contribution is 2.27. The van der Waals surface area contributed by atoms with Crippen LogP contribution in [0.15, 0.2) is 42.5 Å². The van der Waals surface area contributed by atoms with Gasteiger partial charge in [0.1, 0.15) is 23.4 Å². The van der Waals surface area contributed by atoms with Gasteiger partial charge in [0.25, 0.3) is 0 Å². The van der Waals surface area contributed by atoms with Crippen LogP contribution >= 0.6 is 0 Å². The second-order valence-electron chi connectivity index (χ2n) is 7.30. The lowest BCUT2D eigenvalue weighted by molar-refractivity contribution is 0.142. The minimum atomic E-state index is 0.136. The zero-order valence-electron chi connectivity index (χ0n) is 17.5. The highest BCUT2D eigenvalue weighted by molar-refractivity contribution is 5.65. The molecule has 28 heavy (non-hydrogen) atoms. The Morgan fingerprint density at radius 3 is 1.96 bits per heavy atom. The summed E-state index contributed by atoms with van der Waals surface area (Å²) in [6.07, 6.45) is 5.05. The Labute approximate surface area is 169 Å². The normalized spacial score (nSPS) is 12.1. The maximum absolute atomic E-state index is 6.11. The average molecular weight is 386 g/mol. The van der Waals surface area contributed by atoms with E-state index in [-0.39, 0.29) is 6.10 Å². The number of hydrogen-bond donors (Lipinski definition) is 2. The van der Waals surface area contributed by atoms with Crippen LogP contribution in [0.4, 0.5) is 11.4 Å². The van der Waals surface area contributed by atoms with Crippen LogP contribution in [0.1, 0.15) is 46.5 Å². The molecule has 0 aliphatic heterocycles. The number of nitrogen functional groups attached to an aromatic ring is 2. The van der Waals surface area contributed by atoms with Crippen molar-refractivity contribution in [2.45, 2.75) is 52.6 Å². The largest absolute Gasteiger partial charge is 0.489 e. The molecule has 0 aliphatic carbocycles. The van der Waals surface area contributed by atoms with Gasteiger partial charge in [-0.3, -0.25) is 4.90 Å². The average Bonchev–Trinajstić information content (AvgIpc) is 2.68. The summed E-state index contributed by atoms with van der Waals surface area (Å²) in [5, 5.41) is 0. The van der Waals surface area contributed by atoms with Gasteiger partial charge in [-0.15, -0.1) is 0 Å². The Kier molecular flexibility index (Phi) is 8.95. The molecule has 1 atom stereocenters. The first-order valence-corrected chi connectivity index (χ1v) is 10.3. The molecule has 0 aliphatic rings. The number of anilines is 2. The van der Waals surface area contributed by atoms with Crippen LogP contribution in [0.25, 0.3) is 0 Å². The van der Waals surface area contributed by atoms with E-state index >= 15 is 0 Å². The Hall–Kier alpha value is -2.40. The maximum Gasteiger partial charge on any atom is 0.129 e. The number of nitrogens with two attached hydrogens (primary N) is 2. The van der Waals surface area contributed by atoms with Gasteiger partial charge >= 0.3 is 0 Å². The van der Waals surface area contributed by atoms with Crippen molar-refractivity contribution in [2.24, 2.45) is 0 Å². The Morgan fingerprint density at radius 1 is 0.821 bits per heavy atom. The van der Waals surface area contributed by atoms with Crippen molar-refractivity contribution in [3.63, 3.8) is 0 Å². The third-order valence-electron chi connectivity index (χ3n) is 4.63. The van der Waals surface area contributed by atoms with Gasteiger partial charge in [-0.05, 0) is 69.3 Å². The van der Waals surface area contributed by atoms with Gasteiger partial charge in [0.15, 0.2) is 0 Å². The van der Waals surface area contributed by atoms with Gasteiger partial charge < -0.3 is 20.9 Å². The molecule has 5 nitrogen and oxygen atoms in total. The van der Waals surface area contributed by atoms with E-state index < -0.39 is 0 Å². The summed E-state index contributed by atoms with van der Waals surface area (Å²) in [4.78, 5) is 2.51. The molecule has 1 unspecified atom stereocenters. The molecule has 0 heterocycles. The number of hydrogen-bond acceptors (Lipinski definition) is 5. The summed E-state index contributed by atoms with van der Waals surface area (Å²) in [5.74, 6) is 2.25. The second kappa shape index (κ2) is 11.4. The number of nitrogens with zero attached hydrogens (tertiary/aromatic N) is 1. The first-order valence-electron chi connectivity index (χ1n) is 10.3. The molecule has 0 aromatic heterocycles. The van der Waals surface area contributed by atoms with Gasteiger partial charge in [-0.1, -0.05) is 26.7 Å². The minimum absolute atomic E-state index is 0.136. The number of rotatable bonds is 12. The molecule has 0 spiro atoms. The first-order chi connectivity index (χ1) is 13.5. The van der Waals surface area contributed by atoms with Crippen LogP contribution in [-0.4, -0.2) is 30.6 Å². The standard InChI is InChI=1S/C23H35N3O2/c1-4-6-14-26(15-7-5-2)17-18(3)27-19-8-10-20(11-9-19)28-21-12-13-22(24)23(25)16-21/h8-13,16,18H,4-7,14-15,17,24-25H2,1-3H3. The van der Waals surface area contributed by atoms with E-state index in [2.05, 4.69) is 25.7 Å². The van der Waals surface area contributed by atoms with Gasteiger partial charge in [0, 0.05) is 12.6 Å². The molecule has 2 aromatic rings. The van der Waals surface area contributed by atoms with E-state index in [0.29, 0.717) is 17.1 Å². The lowest BCUT2D eigenvalue weighted by atomic mass is 10.2. The van der Waals surface area contributed by atoms with Gasteiger partial charge in [0.2, 0.25) is 0 Å². The third-order valence-corrected chi connectivity index (χ3v) is 4.63. The minimum Gasteiger partial charge on any atom is -0.489 e. The molecule has 2 rings (SSSR count). The number of unbranched alkanes of at least 4 members (excludes halogenated alkanes) is 2. The summed E-state index contributed by atoms with van der Waals surface area (Å²) >= 11 is 0. The van der Waals surface area contributed by atoms with E-state index in [9.17, 15) is 0 Å². The van der Waals surface area contributed by atoms with Crippen LogP contribution in [0.5, 0.6) is 17.2 Å². The van der Waals surface area contributed by atoms with Crippen molar-refractivity contribution < 1.29 is 9.47 Å². The number of ether oxygens (including phenoxy) is 2. The monoisotopic (exact) mass is 385 g/mol. The lowest BCUT2D eigenvalue weighted by Gasteiger charge is -2.26. The van der Waals surface area contributed by atoms with Crippen LogP contribution in [0.3, 0.4) is 0 Å². The molecule has 0 fully saturated rings. The van der Waals surface area contributed by atoms with Crippen LogP contribution in [-0.2, 0) is 0 Å². The van der Waals surface area contributed by atoms with E-state index in [1.165, 1.54) is 25.7 Å². The molecule has 4 N–H and O–H groups in total. The molecule has 0 saturated carbocycles. The highest BCUT2D eigenvalue weighted by Gasteiger charge is 2.11. The fraction of sp³-hybridized carbons (Fsp3) is 0.478. The van der Waals surface area contributed by atoms with E-state index in [1.807, 2.05) is 24.3 Å². The van der Waals surface area contributed by atoms with Gasteiger partial charge in [0.05, 0.1) is 11.4 Å². The zero-order chi connectivity index (χ0) is 20.4. The molecule has 0 bridgehead atoms. The molecule has 154 valence electrons. The summed E-state index contributed by atoms with van der Waals surface area (Å²) in [7, 11) is 0.